The summed E-state index contributed by atoms with van der Waals surface area (Å²) in [6.07, 6.45) is 5.43. The van der Waals surface area contributed by atoms with Crippen molar-refractivity contribution in [2.24, 2.45) is 5.41 Å². The zero-order chi connectivity index (χ0) is 24.9. The summed E-state index contributed by atoms with van der Waals surface area (Å²) in [6.45, 7) is 1.01. The molecular weight excluding hydrogens is 466 g/mol. The summed E-state index contributed by atoms with van der Waals surface area (Å²) in [5, 5.41) is 10.9. The molecule has 2 amide bonds. The minimum atomic E-state index is -0.578. The molecule has 0 saturated heterocycles. The molecular formula is C29H21N5O3. The second-order valence-corrected chi connectivity index (χ2v) is 10.2. The first kappa shape index (κ1) is 20.5. The van der Waals surface area contributed by atoms with Crippen molar-refractivity contribution >= 4 is 39.3 Å². The molecule has 0 radical (unpaired) electrons. The lowest BCUT2D eigenvalue weighted by molar-refractivity contribution is -0.126. The quantitative estimate of drug-likeness (QED) is 0.403. The fourth-order valence-electron chi connectivity index (χ4n) is 6.41. The molecule has 0 bridgehead atoms. The van der Waals surface area contributed by atoms with Gasteiger partial charge in [0.05, 0.1) is 39.9 Å². The van der Waals surface area contributed by atoms with Gasteiger partial charge in [-0.2, -0.15) is 0 Å². The summed E-state index contributed by atoms with van der Waals surface area (Å²) in [6, 6.07) is 15.2. The molecule has 3 aliphatic heterocycles. The molecule has 4 aromatic rings. The predicted octanol–water partition coefficient (Wildman–Crippen LogP) is 2.75. The van der Waals surface area contributed by atoms with Crippen LogP contribution in [0.2, 0.25) is 0 Å². The number of nitrogens with zero attached hydrogens (tertiary/aromatic N) is 2. The van der Waals surface area contributed by atoms with E-state index in [4.69, 9.17) is 4.98 Å². The average molecular weight is 488 g/mol. The van der Waals surface area contributed by atoms with Crippen LogP contribution in [0.4, 0.5) is 5.69 Å². The fourth-order valence-corrected chi connectivity index (χ4v) is 6.41. The van der Waals surface area contributed by atoms with E-state index < -0.39 is 5.41 Å². The number of hydrogen-bond donors (Lipinski definition) is 3. The van der Waals surface area contributed by atoms with Crippen molar-refractivity contribution in [1.82, 2.24) is 20.2 Å². The molecule has 8 rings (SSSR count). The van der Waals surface area contributed by atoms with E-state index in [2.05, 4.69) is 40.2 Å². The highest BCUT2D eigenvalue weighted by Crippen LogP contribution is 2.48. The molecule has 8 heteroatoms. The van der Waals surface area contributed by atoms with Crippen molar-refractivity contribution in [3.8, 4) is 0 Å². The van der Waals surface area contributed by atoms with Crippen molar-refractivity contribution in [3.63, 3.8) is 0 Å². The Morgan fingerprint density at radius 1 is 0.973 bits per heavy atom. The molecule has 5 heterocycles. The van der Waals surface area contributed by atoms with Crippen molar-refractivity contribution in [2.45, 2.75) is 19.4 Å². The van der Waals surface area contributed by atoms with Gasteiger partial charge in [0.25, 0.3) is 11.5 Å². The van der Waals surface area contributed by atoms with Crippen LogP contribution in [-0.4, -0.2) is 27.9 Å². The van der Waals surface area contributed by atoms with Gasteiger partial charge >= 0.3 is 0 Å². The van der Waals surface area contributed by atoms with Crippen LogP contribution in [0.1, 0.15) is 27.2 Å². The van der Waals surface area contributed by atoms with E-state index in [1.54, 1.807) is 4.57 Å². The van der Waals surface area contributed by atoms with Crippen LogP contribution >= 0.6 is 0 Å². The Labute approximate surface area is 210 Å². The Morgan fingerprint density at radius 2 is 1.84 bits per heavy atom. The second-order valence-electron chi connectivity index (χ2n) is 10.2. The maximum Gasteiger partial charge on any atom is 0.256 e. The molecule has 1 spiro atoms. The highest BCUT2D eigenvalue weighted by molar-refractivity contribution is 6.23. The number of fused-ring (bicyclic) bond motifs is 3. The zero-order valence-electron chi connectivity index (χ0n) is 19.7. The summed E-state index contributed by atoms with van der Waals surface area (Å²) in [7, 11) is 0. The van der Waals surface area contributed by atoms with E-state index in [1.807, 2.05) is 30.3 Å². The molecule has 3 N–H and O–H groups in total. The number of aromatic nitrogens is 2. The normalized spacial score (nSPS) is 21.0. The summed E-state index contributed by atoms with van der Waals surface area (Å²) in [4.78, 5) is 43.3. The number of anilines is 1. The predicted molar refractivity (Wildman–Crippen MR) is 139 cm³/mol. The van der Waals surface area contributed by atoms with Gasteiger partial charge in [0.15, 0.2) is 0 Å². The van der Waals surface area contributed by atoms with Gasteiger partial charge in [-0.3, -0.25) is 19.4 Å². The third-order valence-corrected chi connectivity index (χ3v) is 8.14. The minimum Gasteiger partial charge on any atom is -0.368 e. The van der Waals surface area contributed by atoms with Gasteiger partial charge in [-0.25, -0.2) is 0 Å². The summed E-state index contributed by atoms with van der Waals surface area (Å²) >= 11 is 0. The zero-order valence-corrected chi connectivity index (χ0v) is 19.7. The highest BCUT2D eigenvalue weighted by atomic mass is 16.2. The largest absolute Gasteiger partial charge is 0.368 e. The maximum absolute atomic E-state index is 13.1. The average Bonchev–Trinajstić information content (AvgIpc) is 3.52. The number of carbonyl (C=O) groups is 2. The third kappa shape index (κ3) is 2.72. The minimum absolute atomic E-state index is 0.0462. The van der Waals surface area contributed by atoms with E-state index >= 15 is 0 Å². The standard InChI is InChI=1S/C29H21N5O3/c35-24-11-19-25-21(32-27(19)36)4-1-5-23(25)34(24)14-18-7-6-15-9-16-12-29(13-17(16)10-22(15)31-18)20-3-2-8-30-26(20)33-28(29)37/h1-7,9-11,30H,8,12-14H2,(H,32,36)(H,33,37)/t29-/m0/s1. The Bertz CT molecular complexity index is 1880. The third-order valence-electron chi connectivity index (χ3n) is 8.14. The Morgan fingerprint density at radius 3 is 2.73 bits per heavy atom. The number of hydrogen-bond acceptors (Lipinski definition) is 5. The lowest BCUT2D eigenvalue weighted by atomic mass is 9.78. The first-order valence-corrected chi connectivity index (χ1v) is 12.4. The smallest absolute Gasteiger partial charge is 0.256 e. The molecule has 2 aromatic heterocycles. The molecule has 8 nitrogen and oxygen atoms in total. The number of allylic oxidation sites excluding steroid dienone is 1. The van der Waals surface area contributed by atoms with Crippen LogP contribution in [0.5, 0.6) is 0 Å². The topological polar surface area (TPSA) is 105 Å². The number of rotatable bonds is 2. The summed E-state index contributed by atoms with van der Waals surface area (Å²) in [5.41, 5.74) is 5.97. The van der Waals surface area contributed by atoms with Gasteiger partial charge in [0, 0.05) is 29.0 Å². The molecule has 4 aliphatic rings. The van der Waals surface area contributed by atoms with Crippen molar-refractivity contribution < 1.29 is 9.59 Å². The Kier molecular flexibility index (Phi) is 3.84. The lowest BCUT2D eigenvalue weighted by Crippen LogP contribution is -2.35. The van der Waals surface area contributed by atoms with Gasteiger partial charge in [-0.1, -0.05) is 24.3 Å². The van der Waals surface area contributed by atoms with Crippen molar-refractivity contribution in [3.05, 3.63) is 105 Å². The van der Waals surface area contributed by atoms with Crippen LogP contribution in [0, 0.1) is 5.41 Å². The van der Waals surface area contributed by atoms with Crippen molar-refractivity contribution in [1.29, 1.82) is 0 Å². The monoisotopic (exact) mass is 487 g/mol. The van der Waals surface area contributed by atoms with Gasteiger partial charge < -0.3 is 20.5 Å². The summed E-state index contributed by atoms with van der Waals surface area (Å²) in [5.74, 6) is 0.632. The number of pyridine rings is 2. The molecule has 0 saturated carbocycles. The van der Waals surface area contributed by atoms with Crippen LogP contribution < -0.4 is 21.5 Å². The van der Waals surface area contributed by atoms with Gasteiger partial charge in [-0.15, -0.1) is 0 Å². The number of nitrogens with one attached hydrogen (secondary N) is 3. The SMILES string of the molecule is O=C1Nc2cccc3c2c1cc(=O)n3Cc1ccc2cc3c(cc2n1)C[C@]1(C3)C(=O)NC2=C1C=CCN2. The van der Waals surface area contributed by atoms with E-state index in [9.17, 15) is 14.4 Å². The van der Waals surface area contributed by atoms with Gasteiger partial charge in [0.1, 0.15) is 5.82 Å². The Balaban J connectivity index is 1.19. The molecule has 37 heavy (non-hydrogen) atoms. The fraction of sp³-hybridized carbons (Fsp3) is 0.172. The van der Waals surface area contributed by atoms with Crippen LogP contribution in [0.3, 0.4) is 0 Å². The van der Waals surface area contributed by atoms with Gasteiger partial charge in [0.2, 0.25) is 5.91 Å². The van der Waals surface area contributed by atoms with E-state index in [0.717, 1.165) is 44.6 Å². The van der Waals surface area contributed by atoms with Crippen LogP contribution in [0.25, 0.3) is 21.8 Å². The van der Waals surface area contributed by atoms with Gasteiger partial charge in [-0.05, 0) is 54.3 Å². The van der Waals surface area contributed by atoms with Crippen molar-refractivity contribution in [2.75, 3.05) is 11.9 Å². The maximum atomic E-state index is 13.1. The molecule has 1 atom stereocenters. The van der Waals surface area contributed by atoms with Crippen LogP contribution in [-0.2, 0) is 24.2 Å². The van der Waals surface area contributed by atoms with E-state index in [-0.39, 0.29) is 17.4 Å². The summed E-state index contributed by atoms with van der Waals surface area (Å²) < 4.78 is 1.67. The first-order valence-electron chi connectivity index (χ1n) is 12.4. The van der Waals surface area contributed by atoms with Crippen LogP contribution in [0.15, 0.2) is 76.9 Å². The van der Waals surface area contributed by atoms with E-state index in [1.165, 1.54) is 11.6 Å². The number of dihydropyridines is 1. The first-order chi connectivity index (χ1) is 18.0. The highest BCUT2D eigenvalue weighted by Gasteiger charge is 2.51. The molecule has 180 valence electrons. The lowest BCUT2D eigenvalue weighted by Gasteiger charge is -2.23. The van der Waals surface area contributed by atoms with E-state index in [0.29, 0.717) is 37.0 Å². The molecule has 2 aromatic carbocycles. The number of benzene rings is 2. The number of amides is 2. The Hall–Kier alpha value is -4.72. The molecule has 0 unspecified atom stereocenters. The second kappa shape index (κ2) is 6.94. The number of carbonyl (C=O) groups excluding carboxylic acids is 2. The molecule has 1 aliphatic carbocycles. The molecule has 0 fully saturated rings.